The van der Waals surface area contributed by atoms with Crippen molar-refractivity contribution in [1.29, 1.82) is 0 Å². The number of carbonyl (C=O) groups excluding carboxylic acids is 1. The fourth-order valence-electron chi connectivity index (χ4n) is 3.34. The number of nitrogens with zero attached hydrogens (tertiary/aromatic N) is 2. The zero-order chi connectivity index (χ0) is 21.6. The molecule has 1 rings (SSSR count). The molecule has 28 heavy (non-hydrogen) atoms. The molecule has 0 aromatic carbocycles. The lowest BCUT2D eigenvalue weighted by Crippen LogP contribution is -2.66. The second kappa shape index (κ2) is 9.68. The molecule has 0 aliphatic carbocycles. The maximum Gasteiger partial charge on any atom is 0.337 e. The number of esters is 1. The molecule has 1 atom stereocenters. The van der Waals surface area contributed by atoms with Crippen LogP contribution < -0.4 is 0 Å². The number of hydrogen-bond acceptors (Lipinski definition) is 5. The number of rotatable bonds is 11. The summed E-state index contributed by atoms with van der Waals surface area (Å²) in [6.07, 6.45) is 0.851. The molecule has 164 valence electrons. The third kappa shape index (κ3) is 9.48. The summed E-state index contributed by atoms with van der Waals surface area (Å²) in [5, 5.41) is 0. The average Bonchev–Trinajstić information content (AvgIpc) is 2.53. The van der Waals surface area contributed by atoms with Gasteiger partial charge in [-0.05, 0) is 12.8 Å². The number of likely N-dealkylation sites (N-methyl/N-ethyl adjacent to an activating group) is 1. The fraction of sp³-hybridized carbons (Fsp3) is 0.765. The number of piperazine rings is 1. The Morgan fingerprint density at radius 1 is 1.04 bits per heavy atom. The zero-order valence-corrected chi connectivity index (χ0v) is 18.5. The first kappa shape index (κ1) is 25.1. The minimum atomic E-state index is -4.04. The van der Waals surface area contributed by atoms with Gasteiger partial charge in [-0.3, -0.25) is 9.04 Å². The summed E-state index contributed by atoms with van der Waals surface area (Å²) in [5.74, 6) is 2.60. The molecular weight excluding hydrogens is 408 g/mol. The highest BCUT2D eigenvalue weighted by Crippen LogP contribution is 2.20. The van der Waals surface area contributed by atoms with Gasteiger partial charge in [0.2, 0.25) is 6.73 Å². The van der Waals surface area contributed by atoms with E-state index in [0.717, 1.165) is 24.1 Å². The Morgan fingerprint density at radius 2 is 1.57 bits per heavy atom. The third-order valence-corrected chi connectivity index (χ3v) is 6.97. The molecule has 2 N–H and O–H groups in total. The van der Waals surface area contributed by atoms with Crippen molar-refractivity contribution < 1.29 is 40.2 Å². The van der Waals surface area contributed by atoms with Crippen molar-refractivity contribution in [2.75, 3.05) is 64.6 Å². The van der Waals surface area contributed by atoms with E-state index in [9.17, 15) is 22.0 Å². The summed E-state index contributed by atoms with van der Waals surface area (Å²) in [4.78, 5) is 11.8. The molecular formula is C17H34N2O7S2+2. The molecule has 1 saturated heterocycles. The Balaban J connectivity index is 2.73. The molecule has 0 spiro atoms. The van der Waals surface area contributed by atoms with E-state index in [1.165, 1.54) is 0 Å². The molecule has 1 fully saturated rings. The van der Waals surface area contributed by atoms with E-state index in [1.807, 2.05) is 0 Å². The monoisotopic (exact) mass is 442 g/mol. The van der Waals surface area contributed by atoms with E-state index in [1.54, 1.807) is 6.92 Å². The van der Waals surface area contributed by atoms with Crippen LogP contribution in [-0.4, -0.2) is 107 Å². The van der Waals surface area contributed by atoms with Gasteiger partial charge in [-0.1, -0.05) is 6.58 Å². The van der Waals surface area contributed by atoms with Crippen molar-refractivity contribution in [3.8, 4) is 0 Å². The van der Waals surface area contributed by atoms with E-state index in [-0.39, 0.29) is 24.7 Å². The van der Waals surface area contributed by atoms with Crippen LogP contribution in [0.5, 0.6) is 0 Å². The maximum atomic E-state index is 11.8. The first-order valence-corrected chi connectivity index (χ1v) is 12.7. The summed E-state index contributed by atoms with van der Waals surface area (Å²) in [7, 11) is -4.95. The Bertz CT molecular complexity index is 767. The molecule has 0 saturated carbocycles. The van der Waals surface area contributed by atoms with Crippen LogP contribution in [0.4, 0.5) is 0 Å². The third-order valence-electron chi connectivity index (χ3n) is 5.24. The van der Waals surface area contributed by atoms with Crippen LogP contribution in [-0.2, 0) is 29.5 Å². The lowest BCUT2D eigenvalue weighted by atomic mass is 10.2. The second-order valence-electron chi connectivity index (χ2n) is 8.11. The molecule has 9 nitrogen and oxygen atoms in total. The summed E-state index contributed by atoms with van der Waals surface area (Å²) in [6.45, 7) is 9.33. The van der Waals surface area contributed by atoms with Gasteiger partial charge in [0, 0.05) is 24.2 Å². The number of hydrogen-bond donors (Lipinski definition) is 2. The summed E-state index contributed by atoms with van der Waals surface area (Å²) < 4.78 is 58.2. The van der Waals surface area contributed by atoms with E-state index in [2.05, 4.69) is 19.5 Å². The normalized spacial score (nSPS) is 27.7. The van der Waals surface area contributed by atoms with Crippen LogP contribution in [0.25, 0.3) is 0 Å². The minimum absolute atomic E-state index is 0.126. The van der Waals surface area contributed by atoms with Gasteiger partial charge in [0.05, 0.1) is 35.7 Å². The van der Waals surface area contributed by atoms with Crippen molar-refractivity contribution in [2.45, 2.75) is 19.8 Å². The summed E-state index contributed by atoms with van der Waals surface area (Å²) in [5.41, 5.74) is 0.300. The van der Waals surface area contributed by atoms with Crippen molar-refractivity contribution in [1.82, 2.24) is 0 Å². The molecule has 0 aromatic rings. The molecule has 1 unspecified atom stereocenters. The topological polar surface area (TPSA) is 118 Å². The predicted octanol–water partition coefficient (Wildman–Crippen LogP) is 0.198. The smallest absolute Gasteiger partial charge is 0.337 e. The van der Waals surface area contributed by atoms with Gasteiger partial charge in [0.15, 0.2) is 0 Å². The average molecular weight is 443 g/mol. The van der Waals surface area contributed by atoms with Gasteiger partial charge in [0.25, 0.3) is 10.1 Å². The van der Waals surface area contributed by atoms with Gasteiger partial charge >= 0.3 is 5.97 Å². The predicted molar refractivity (Wildman–Crippen MR) is 110 cm³/mol. The highest BCUT2D eigenvalue weighted by Gasteiger charge is 2.40. The highest BCUT2D eigenvalue weighted by molar-refractivity contribution is 7.95. The first-order chi connectivity index (χ1) is 12.7. The molecule has 0 aromatic heterocycles. The van der Waals surface area contributed by atoms with E-state index in [0.29, 0.717) is 36.1 Å². The molecule has 11 heteroatoms. The van der Waals surface area contributed by atoms with Crippen LogP contribution >= 0.6 is 0 Å². The lowest BCUT2D eigenvalue weighted by Gasteiger charge is -2.47. The SMILES string of the molecule is C=C(C)C(=O)OC[N+]1(CCCS(=O)(=O)O)CC[N+](C)(CCCS(=C)(=O)O)CC1. The molecule has 1 aliphatic rings. The van der Waals surface area contributed by atoms with E-state index >= 15 is 0 Å². The summed E-state index contributed by atoms with van der Waals surface area (Å²) >= 11 is 0. The van der Waals surface area contributed by atoms with Crippen molar-refractivity contribution in [2.24, 2.45) is 0 Å². The van der Waals surface area contributed by atoms with Crippen molar-refractivity contribution in [3.05, 3.63) is 12.2 Å². The zero-order valence-electron chi connectivity index (χ0n) is 16.8. The molecule has 1 aliphatic heterocycles. The first-order valence-electron chi connectivity index (χ1n) is 9.19. The fourth-order valence-corrected chi connectivity index (χ4v) is 4.42. The molecule has 0 bridgehead atoms. The standard InChI is InChI=1S/C17H32N2O7S2/c1-16(2)17(20)26-15-19(8-6-14-28(23,24)25)11-9-18(3,10-12-19)7-5-13-27(4,21)22/h1,4-15H2,2-3H3/p+2. The minimum Gasteiger partial charge on any atom is -0.412 e. The Hall–Kier alpha value is -0.980. The molecule has 0 amide bonds. The molecule has 0 radical (unpaired) electrons. The van der Waals surface area contributed by atoms with Gasteiger partial charge in [-0.2, -0.15) is 8.42 Å². The van der Waals surface area contributed by atoms with Crippen molar-refractivity contribution >= 4 is 31.8 Å². The second-order valence-corrected chi connectivity index (χ2v) is 11.6. The van der Waals surface area contributed by atoms with E-state index < -0.39 is 25.9 Å². The number of ether oxygens (including phenoxy) is 1. The highest BCUT2D eigenvalue weighted by atomic mass is 32.2. The Labute approximate surface area is 168 Å². The lowest BCUT2D eigenvalue weighted by molar-refractivity contribution is -1.03. The maximum absolute atomic E-state index is 11.8. The van der Waals surface area contributed by atoms with Gasteiger partial charge in [0.1, 0.15) is 26.2 Å². The largest absolute Gasteiger partial charge is 0.412 e. The molecule has 1 heterocycles. The number of carbonyl (C=O) groups is 1. The van der Waals surface area contributed by atoms with Crippen molar-refractivity contribution in [3.63, 3.8) is 0 Å². The van der Waals surface area contributed by atoms with Crippen LogP contribution in [0.15, 0.2) is 12.2 Å². The van der Waals surface area contributed by atoms with Gasteiger partial charge in [-0.25, -0.2) is 9.00 Å². The Kier molecular flexibility index (Phi) is 8.66. The van der Waals surface area contributed by atoms with Crippen LogP contribution in [0.3, 0.4) is 0 Å². The van der Waals surface area contributed by atoms with Gasteiger partial charge < -0.3 is 13.8 Å². The van der Waals surface area contributed by atoms with Crippen LogP contribution in [0.1, 0.15) is 19.8 Å². The van der Waals surface area contributed by atoms with Crippen LogP contribution in [0.2, 0.25) is 0 Å². The summed E-state index contributed by atoms with van der Waals surface area (Å²) in [6, 6.07) is 0. The van der Waals surface area contributed by atoms with Gasteiger partial charge in [-0.15, -0.1) is 0 Å². The number of quaternary nitrogens is 2. The Morgan fingerprint density at radius 3 is 2.04 bits per heavy atom. The van der Waals surface area contributed by atoms with E-state index in [4.69, 9.17) is 9.29 Å². The van der Waals surface area contributed by atoms with Crippen LogP contribution in [0, 0.1) is 0 Å². The quantitative estimate of drug-likeness (QED) is 0.154.